The van der Waals surface area contributed by atoms with Gasteiger partial charge in [-0.2, -0.15) is 0 Å². The lowest BCUT2D eigenvalue weighted by atomic mass is 10.1. The molecule has 0 aliphatic heterocycles. The summed E-state index contributed by atoms with van der Waals surface area (Å²) in [6.45, 7) is 0.583. The number of methoxy groups -OCH3 is 2. The Labute approximate surface area is 89.6 Å². The lowest BCUT2D eigenvalue weighted by Crippen LogP contribution is -2.02. The second kappa shape index (κ2) is 5.46. The van der Waals surface area contributed by atoms with Crippen molar-refractivity contribution in [2.75, 3.05) is 20.8 Å². The van der Waals surface area contributed by atoms with E-state index in [9.17, 15) is 5.11 Å². The zero-order valence-corrected chi connectivity index (χ0v) is 9.12. The van der Waals surface area contributed by atoms with Crippen molar-refractivity contribution in [2.24, 2.45) is 5.73 Å². The van der Waals surface area contributed by atoms with Crippen LogP contribution in [-0.2, 0) is 6.42 Å². The lowest BCUT2D eigenvalue weighted by Gasteiger charge is -2.13. The molecule has 0 bridgehead atoms. The number of hydrogen-bond acceptors (Lipinski definition) is 4. The zero-order valence-electron chi connectivity index (χ0n) is 9.12. The van der Waals surface area contributed by atoms with Gasteiger partial charge in [0.25, 0.3) is 0 Å². The highest BCUT2D eigenvalue weighted by Crippen LogP contribution is 2.37. The largest absolute Gasteiger partial charge is 0.508 e. The Morgan fingerprint density at radius 1 is 1.27 bits per heavy atom. The van der Waals surface area contributed by atoms with Crippen molar-refractivity contribution in [1.29, 1.82) is 0 Å². The smallest absolute Gasteiger partial charge is 0.167 e. The number of aromatic hydroxyl groups is 1. The Bertz CT molecular complexity index is 326. The fourth-order valence-electron chi connectivity index (χ4n) is 1.50. The number of rotatable bonds is 5. The molecule has 3 N–H and O–H groups in total. The highest BCUT2D eigenvalue weighted by Gasteiger charge is 2.13. The van der Waals surface area contributed by atoms with E-state index in [-0.39, 0.29) is 5.75 Å². The molecule has 0 atom stereocenters. The molecule has 4 nitrogen and oxygen atoms in total. The second-order valence-corrected chi connectivity index (χ2v) is 3.19. The molecular weight excluding hydrogens is 194 g/mol. The summed E-state index contributed by atoms with van der Waals surface area (Å²) in [6, 6.07) is 3.29. The summed E-state index contributed by atoms with van der Waals surface area (Å²) < 4.78 is 10.4. The van der Waals surface area contributed by atoms with Crippen LogP contribution < -0.4 is 15.2 Å². The summed E-state index contributed by atoms with van der Waals surface area (Å²) in [4.78, 5) is 0. The molecule has 84 valence electrons. The average Bonchev–Trinajstić information content (AvgIpc) is 2.27. The Morgan fingerprint density at radius 3 is 2.53 bits per heavy atom. The minimum Gasteiger partial charge on any atom is -0.508 e. The summed E-state index contributed by atoms with van der Waals surface area (Å²) in [6.07, 6.45) is 1.49. The van der Waals surface area contributed by atoms with Gasteiger partial charge in [0.2, 0.25) is 0 Å². The van der Waals surface area contributed by atoms with Crippen molar-refractivity contribution in [1.82, 2.24) is 0 Å². The third kappa shape index (κ3) is 2.53. The van der Waals surface area contributed by atoms with E-state index in [2.05, 4.69) is 0 Å². The highest BCUT2D eigenvalue weighted by atomic mass is 16.5. The minimum absolute atomic E-state index is 0.223. The predicted octanol–water partition coefficient (Wildman–Crippen LogP) is 1.30. The third-order valence-electron chi connectivity index (χ3n) is 2.25. The quantitative estimate of drug-likeness (QED) is 0.770. The Balaban J connectivity index is 3.07. The summed E-state index contributed by atoms with van der Waals surface area (Å²) in [5, 5.41) is 9.69. The van der Waals surface area contributed by atoms with E-state index in [1.807, 2.05) is 0 Å². The molecule has 1 aromatic rings. The minimum atomic E-state index is 0.223. The van der Waals surface area contributed by atoms with E-state index in [4.69, 9.17) is 15.2 Å². The Kier molecular flexibility index (Phi) is 4.24. The monoisotopic (exact) mass is 211 g/mol. The SMILES string of the molecule is COc1ccc(O)c(CCCN)c1OC. The second-order valence-electron chi connectivity index (χ2n) is 3.19. The molecule has 0 heterocycles. The fraction of sp³-hybridized carbons (Fsp3) is 0.455. The van der Waals surface area contributed by atoms with E-state index >= 15 is 0 Å². The predicted molar refractivity (Wildman–Crippen MR) is 58.6 cm³/mol. The van der Waals surface area contributed by atoms with Gasteiger partial charge in [0.1, 0.15) is 5.75 Å². The first-order chi connectivity index (χ1) is 7.24. The summed E-state index contributed by atoms with van der Waals surface area (Å²) in [7, 11) is 3.13. The molecule has 15 heavy (non-hydrogen) atoms. The maximum atomic E-state index is 9.69. The first-order valence-corrected chi connectivity index (χ1v) is 4.87. The molecular formula is C11H17NO3. The number of phenolic OH excluding ortho intramolecular Hbond substituents is 1. The van der Waals surface area contributed by atoms with Crippen LogP contribution >= 0.6 is 0 Å². The van der Waals surface area contributed by atoms with Crippen LogP contribution in [0, 0.1) is 0 Å². The number of ether oxygens (including phenoxy) is 2. The maximum absolute atomic E-state index is 9.69. The van der Waals surface area contributed by atoms with Crippen LogP contribution in [0.15, 0.2) is 12.1 Å². The lowest BCUT2D eigenvalue weighted by molar-refractivity contribution is 0.346. The van der Waals surface area contributed by atoms with Gasteiger partial charge in [0.15, 0.2) is 11.5 Å². The average molecular weight is 211 g/mol. The van der Waals surface area contributed by atoms with Crippen molar-refractivity contribution in [3.8, 4) is 17.2 Å². The van der Waals surface area contributed by atoms with Gasteiger partial charge in [-0.25, -0.2) is 0 Å². The molecule has 0 aliphatic rings. The molecule has 0 saturated carbocycles. The molecule has 0 fully saturated rings. The van der Waals surface area contributed by atoms with Crippen molar-refractivity contribution >= 4 is 0 Å². The maximum Gasteiger partial charge on any atom is 0.167 e. The van der Waals surface area contributed by atoms with Crippen molar-refractivity contribution in [3.05, 3.63) is 17.7 Å². The normalized spacial score (nSPS) is 10.1. The van der Waals surface area contributed by atoms with Gasteiger partial charge in [0, 0.05) is 5.56 Å². The molecule has 0 unspecified atom stereocenters. The van der Waals surface area contributed by atoms with E-state index < -0.39 is 0 Å². The fourth-order valence-corrected chi connectivity index (χ4v) is 1.50. The van der Waals surface area contributed by atoms with E-state index in [1.54, 1.807) is 26.4 Å². The molecule has 0 aliphatic carbocycles. The number of nitrogens with two attached hydrogens (primary N) is 1. The van der Waals surface area contributed by atoms with Crippen molar-refractivity contribution in [2.45, 2.75) is 12.8 Å². The van der Waals surface area contributed by atoms with Gasteiger partial charge in [-0.15, -0.1) is 0 Å². The van der Waals surface area contributed by atoms with Crippen LogP contribution in [0.5, 0.6) is 17.2 Å². The van der Waals surface area contributed by atoms with Gasteiger partial charge in [0.05, 0.1) is 14.2 Å². The van der Waals surface area contributed by atoms with Gasteiger partial charge in [-0.3, -0.25) is 0 Å². The van der Waals surface area contributed by atoms with E-state index in [0.717, 1.165) is 12.0 Å². The first-order valence-electron chi connectivity index (χ1n) is 4.87. The van der Waals surface area contributed by atoms with E-state index in [1.165, 1.54) is 0 Å². The topological polar surface area (TPSA) is 64.7 Å². The zero-order chi connectivity index (χ0) is 11.3. The van der Waals surface area contributed by atoms with Gasteiger partial charge in [-0.1, -0.05) is 0 Å². The van der Waals surface area contributed by atoms with Gasteiger partial charge < -0.3 is 20.3 Å². The highest BCUT2D eigenvalue weighted by molar-refractivity contribution is 5.53. The first kappa shape index (κ1) is 11.7. The van der Waals surface area contributed by atoms with Gasteiger partial charge >= 0.3 is 0 Å². The summed E-state index contributed by atoms with van der Waals surface area (Å²) in [5.74, 6) is 1.44. The molecule has 1 aromatic carbocycles. The van der Waals surface area contributed by atoms with Crippen LogP contribution in [0.2, 0.25) is 0 Å². The Morgan fingerprint density at radius 2 is 2.00 bits per heavy atom. The third-order valence-corrected chi connectivity index (χ3v) is 2.25. The van der Waals surface area contributed by atoms with E-state index in [0.29, 0.717) is 24.5 Å². The molecule has 4 heteroatoms. The van der Waals surface area contributed by atoms with Crippen LogP contribution in [-0.4, -0.2) is 25.9 Å². The van der Waals surface area contributed by atoms with Crippen LogP contribution in [0.4, 0.5) is 0 Å². The molecule has 0 aromatic heterocycles. The molecule has 0 radical (unpaired) electrons. The number of benzene rings is 1. The van der Waals surface area contributed by atoms with Crippen LogP contribution in [0.1, 0.15) is 12.0 Å². The van der Waals surface area contributed by atoms with Crippen LogP contribution in [0.25, 0.3) is 0 Å². The molecule has 0 amide bonds. The molecule has 1 rings (SSSR count). The number of phenols is 1. The standard InChI is InChI=1S/C11H17NO3/c1-14-10-6-5-9(13)8(4-3-7-12)11(10)15-2/h5-6,13H,3-4,7,12H2,1-2H3. The molecule has 0 spiro atoms. The number of hydrogen-bond donors (Lipinski definition) is 2. The van der Waals surface area contributed by atoms with Gasteiger partial charge in [-0.05, 0) is 31.5 Å². The summed E-state index contributed by atoms with van der Waals surface area (Å²) >= 11 is 0. The van der Waals surface area contributed by atoms with Crippen molar-refractivity contribution < 1.29 is 14.6 Å². The Hall–Kier alpha value is -1.42. The van der Waals surface area contributed by atoms with Crippen LogP contribution in [0.3, 0.4) is 0 Å². The van der Waals surface area contributed by atoms with Crippen molar-refractivity contribution in [3.63, 3.8) is 0 Å². The molecule has 0 saturated heterocycles. The summed E-state index contributed by atoms with van der Waals surface area (Å²) in [5.41, 5.74) is 6.19.